The molecule has 0 saturated carbocycles. The fourth-order valence-corrected chi connectivity index (χ4v) is 6.38. The molecule has 3 heterocycles. The fourth-order valence-electron chi connectivity index (χ4n) is 4.72. The molecule has 0 radical (unpaired) electrons. The summed E-state index contributed by atoms with van der Waals surface area (Å²) in [6, 6.07) is 15.9. The molecule has 2 aliphatic heterocycles. The maximum Gasteiger partial charge on any atom is 0.252 e. The number of nitrogens with one attached hydrogen (secondary N) is 1. The van der Waals surface area contributed by atoms with Gasteiger partial charge in [-0.05, 0) is 45.0 Å². The first-order chi connectivity index (χ1) is 16.0. The van der Waals surface area contributed by atoms with E-state index in [0.29, 0.717) is 0 Å². The van der Waals surface area contributed by atoms with Gasteiger partial charge in [-0.3, -0.25) is 4.79 Å². The first-order valence-corrected chi connectivity index (χ1v) is 13.3. The highest BCUT2D eigenvalue weighted by atomic mass is 32.2. The normalized spacial score (nSPS) is 19.6. The molecule has 5 rings (SSSR count). The van der Waals surface area contributed by atoms with Gasteiger partial charge in [0.05, 0.1) is 22.3 Å². The molecule has 0 bridgehead atoms. The molecular weight excluding hydrogens is 450 g/mol. The highest BCUT2D eigenvalue weighted by molar-refractivity contribution is 7.98. The molecule has 1 fully saturated rings. The summed E-state index contributed by atoms with van der Waals surface area (Å²) in [5.74, 6) is 1.63. The van der Waals surface area contributed by atoms with Crippen LogP contribution in [-0.2, 0) is 5.75 Å². The number of likely N-dealkylation sites (tertiary alicyclic amines) is 1. The first kappa shape index (κ1) is 22.4. The summed E-state index contributed by atoms with van der Waals surface area (Å²) in [7, 11) is 2.16. The van der Waals surface area contributed by atoms with Crippen LogP contribution in [0.25, 0.3) is 0 Å². The molecule has 1 N–H and O–H groups in total. The molecule has 0 aliphatic carbocycles. The molecule has 3 aromatic rings. The Hall–Kier alpha value is -2.35. The zero-order valence-corrected chi connectivity index (χ0v) is 20.7. The van der Waals surface area contributed by atoms with Gasteiger partial charge in [0.25, 0.3) is 5.91 Å². The minimum Gasteiger partial charge on any atom is -0.487 e. The van der Waals surface area contributed by atoms with Gasteiger partial charge in [0.2, 0.25) is 0 Å². The van der Waals surface area contributed by atoms with Crippen LogP contribution < -0.4 is 10.1 Å². The van der Waals surface area contributed by atoms with Crippen LogP contribution in [0.5, 0.6) is 5.75 Å². The smallest absolute Gasteiger partial charge is 0.252 e. The van der Waals surface area contributed by atoms with Crippen molar-refractivity contribution in [2.24, 2.45) is 0 Å². The Morgan fingerprint density at radius 3 is 2.76 bits per heavy atom. The van der Waals surface area contributed by atoms with E-state index in [2.05, 4.69) is 33.7 Å². The summed E-state index contributed by atoms with van der Waals surface area (Å²) >= 11 is 3.32. The summed E-state index contributed by atoms with van der Waals surface area (Å²) in [4.78, 5) is 21.4. The predicted octanol–water partition coefficient (Wildman–Crippen LogP) is 5.46. The second-order valence-electron chi connectivity index (χ2n) is 9.00. The van der Waals surface area contributed by atoms with E-state index in [0.717, 1.165) is 70.6 Å². The molecule has 1 unspecified atom stereocenters. The molecule has 7 heteroatoms. The van der Waals surface area contributed by atoms with Crippen LogP contribution in [0.15, 0.2) is 58.8 Å². The number of nitrogens with zero attached hydrogens (tertiary/aromatic N) is 2. The van der Waals surface area contributed by atoms with Crippen molar-refractivity contribution in [1.29, 1.82) is 0 Å². The van der Waals surface area contributed by atoms with E-state index < -0.39 is 0 Å². The Morgan fingerprint density at radius 2 is 1.97 bits per heavy atom. The second-order valence-corrected chi connectivity index (χ2v) is 11.1. The summed E-state index contributed by atoms with van der Waals surface area (Å²) in [6.07, 6.45) is 2.75. The number of benzene rings is 2. The van der Waals surface area contributed by atoms with Crippen LogP contribution in [-0.4, -0.2) is 41.5 Å². The SMILES string of the molecule is Cc1nc(CSc2ccccc2C(=O)NC2CC3(CCN(C)CC3)Oc3ccccc32)cs1. The maximum absolute atomic E-state index is 13.5. The van der Waals surface area contributed by atoms with Gasteiger partial charge in [-0.1, -0.05) is 30.3 Å². The minimum atomic E-state index is -0.213. The van der Waals surface area contributed by atoms with Crippen LogP contribution in [0.2, 0.25) is 0 Å². The molecule has 1 aromatic heterocycles. The summed E-state index contributed by atoms with van der Waals surface area (Å²) in [6.45, 7) is 4.04. The monoisotopic (exact) mass is 479 g/mol. The van der Waals surface area contributed by atoms with Crippen molar-refractivity contribution in [1.82, 2.24) is 15.2 Å². The zero-order chi connectivity index (χ0) is 22.8. The van der Waals surface area contributed by atoms with Gasteiger partial charge < -0.3 is 15.0 Å². The molecular formula is C26H29N3O2S2. The number of carbonyl (C=O) groups is 1. The second kappa shape index (κ2) is 9.49. The fraction of sp³-hybridized carbons (Fsp3) is 0.385. The van der Waals surface area contributed by atoms with Gasteiger partial charge in [-0.15, -0.1) is 23.1 Å². The third-order valence-electron chi connectivity index (χ3n) is 6.57. The average molecular weight is 480 g/mol. The highest BCUT2D eigenvalue weighted by Gasteiger charge is 2.43. The highest BCUT2D eigenvalue weighted by Crippen LogP contribution is 2.44. The van der Waals surface area contributed by atoms with Gasteiger partial charge in [-0.25, -0.2) is 4.98 Å². The average Bonchev–Trinajstić information content (AvgIpc) is 3.25. The van der Waals surface area contributed by atoms with E-state index in [9.17, 15) is 4.79 Å². The number of piperidine rings is 1. The molecule has 33 heavy (non-hydrogen) atoms. The van der Waals surface area contributed by atoms with E-state index in [1.807, 2.05) is 49.4 Å². The van der Waals surface area contributed by atoms with E-state index in [1.54, 1.807) is 23.1 Å². The molecule has 2 aliphatic rings. The van der Waals surface area contributed by atoms with E-state index in [4.69, 9.17) is 4.74 Å². The standard InChI is InChI=1S/C26H29N3O2S2/c1-18-27-19(16-32-18)17-33-24-10-6-4-8-21(24)25(30)28-22-15-26(11-13-29(2)14-12-26)31-23-9-5-3-7-20(22)23/h3-10,16,22H,11-15,17H2,1-2H3,(H,28,30). The molecule has 5 nitrogen and oxygen atoms in total. The Balaban J connectivity index is 1.36. The topological polar surface area (TPSA) is 54.5 Å². The van der Waals surface area contributed by atoms with Crippen molar-refractivity contribution in [3.05, 3.63) is 75.7 Å². The zero-order valence-electron chi connectivity index (χ0n) is 19.0. The van der Waals surface area contributed by atoms with Crippen molar-refractivity contribution < 1.29 is 9.53 Å². The number of hydrogen-bond donors (Lipinski definition) is 1. The Labute approximate surface area is 203 Å². The Bertz CT molecular complexity index is 1140. The minimum absolute atomic E-state index is 0.0302. The number of amides is 1. The van der Waals surface area contributed by atoms with Gasteiger partial charge >= 0.3 is 0 Å². The lowest BCUT2D eigenvalue weighted by Crippen LogP contribution is -2.51. The van der Waals surface area contributed by atoms with Crippen LogP contribution in [0.1, 0.15) is 51.9 Å². The van der Waals surface area contributed by atoms with Crippen molar-refractivity contribution in [2.75, 3.05) is 20.1 Å². The van der Waals surface area contributed by atoms with Crippen LogP contribution in [0.3, 0.4) is 0 Å². The first-order valence-electron chi connectivity index (χ1n) is 11.4. The van der Waals surface area contributed by atoms with Gasteiger partial charge in [0.1, 0.15) is 11.4 Å². The molecule has 1 saturated heterocycles. The molecule has 172 valence electrons. The van der Waals surface area contributed by atoms with Gasteiger partial charge in [0.15, 0.2) is 0 Å². The third-order valence-corrected chi connectivity index (χ3v) is 8.50. The number of rotatable bonds is 5. The predicted molar refractivity (Wildman–Crippen MR) is 134 cm³/mol. The van der Waals surface area contributed by atoms with Crippen LogP contribution in [0.4, 0.5) is 0 Å². The largest absolute Gasteiger partial charge is 0.487 e. The van der Waals surface area contributed by atoms with Crippen molar-refractivity contribution in [3.63, 3.8) is 0 Å². The summed E-state index contributed by atoms with van der Waals surface area (Å²) < 4.78 is 6.55. The Morgan fingerprint density at radius 1 is 1.21 bits per heavy atom. The van der Waals surface area contributed by atoms with Crippen molar-refractivity contribution in [3.8, 4) is 5.75 Å². The quantitative estimate of drug-likeness (QED) is 0.493. The lowest BCUT2D eigenvalue weighted by Gasteiger charge is -2.46. The molecule has 1 atom stereocenters. The van der Waals surface area contributed by atoms with Crippen LogP contribution in [0, 0.1) is 6.92 Å². The summed E-state index contributed by atoms with van der Waals surface area (Å²) in [5, 5.41) is 6.51. The van der Waals surface area contributed by atoms with Crippen molar-refractivity contribution in [2.45, 2.75) is 48.5 Å². The number of thioether (sulfide) groups is 1. The molecule has 1 spiro atoms. The van der Waals surface area contributed by atoms with Gasteiger partial charge in [-0.2, -0.15) is 0 Å². The number of hydrogen-bond acceptors (Lipinski definition) is 6. The van der Waals surface area contributed by atoms with Gasteiger partial charge in [0, 0.05) is 41.1 Å². The number of ether oxygens (including phenoxy) is 1. The number of para-hydroxylation sites is 1. The van der Waals surface area contributed by atoms with E-state index in [1.165, 1.54) is 0 Å². The number of thiazole rings is 1. The molecule has 2 aromatic carbocycles. The summed E-state index contributed by atoms with van der Waals surface area (Å²) in [5.41, 5.74) is 2.63. The lowest BCUT2D eigenvalue weighted by molar-refractivity contribution is -0.0195. The molecule has 1 amide bonds. The maximum atomic E-state index is 13.5. The number of aryl methyl sites for hydroxylation is 1. The van der Waals surface area contributed by atoms with E-state index in [-0.39, 0.29) is 17.6 Å². The number of fused-ring (bicyclic) bond motifs is 1. The number of carbonyl (C=O) groups excluding carboxylic acids is 1. The van der Waals surface area contributed by atoms with E-state index >= 15 is 0 Å². The lowest BCUT2D eigenvalue weighted by atomic mass is 9.80. The number of aromatic nitrogens is 1. The van der Waals surface area contributed by atoms with Crippen molar-refractivity contribution >= 4 is 29.0 Å². The van der Waals surface area contributed by atoms with Crippen LogP contribution >= 0.6 is 23.1 Å². The Kier molecular flexibility index (Phi) is 6.45. The third kappa shape index (κ3) is 4.95.